The molecule has 0 bridgehead atoms. The van der Waals surface area contributed by atoms with Gasteiger partial charge in [-0.15, -0.1) is 0 Å². The van der Waals surface area contributed by atoms with E-state index in [1.807, 2.05) is 12.1 Å². The summed E-state index contributed by atoms with van der Waals surface area (Å²) < 4.78 is 0. The topological polar surface area (TPSA) is 32.3 Å². The highest BCUT2D eigenvalue weighted by molar-refractivity contribution is 5.29. The van der Waals surface area contributed by atoms with Gasteiger partial charge in [-0.2, -0.15) is 0 Å². The number of rotatable bonds is 1. The van der Waals surface area contributed by atoms with Gasteiger partial charge in [0.25, 0.3) is 0 Å². The van der Waals surface area contributed by atoms with Crippen LogP contribution in [0.2, 0.25) is 0 Å². The fourth-order valence-electron chi connectivity index (χ4n) is 1.69. The number of phenolic OH excluding ortho intramolecular Hbond substituents is 1. The maximum absolute atomic E-state index is 9.08. The van der Waals surface area contributed by atoms with Gasteiger partial charge in [0.1, 0.15) is 5.75 Å². The second-order valence-corrected chi connectivity index (χ2v) is 3.28. The Morgan fingerprint density at radius 2 is 2.00 bits per heavy atom. The molecule has 1 atom stereocenters. The van der Waals surface area contributed by atoms with Crippen molar-refractivity contribution in [2.75, 3.05) is 13.1 Å². The van der Waals surface area contributed by atoms with Gasteiger partial charge in [0, 0.05) is 6.54 Å². The van der Waals surface area contributed by atoms with Crippen LogP contribution >= 0.6 is 0 Å². The quantitative estimate of drug-likeness (QED) is 0.657. The Hall–Kier alpha value is -1.02. The summed E-state index contributed by atoms with van der Waals surface area (Å²) in [4.78, 5) is 0. The molecule has 1 aliphatic heterocycles. The molecule has 0 amide bonds. The van der Waals surface area contributed by atoms with Gasteiger partial charge in [0.15, 0.2) is 0 Å². The molecular formula is C10H13NO. The lowest BCUT2D eigenvalue weighted by molar-refractivity contribution is 0.475. The molecule has 0 saturated carbocycles. The Bertz CT molecular complexity index is 249. The van der Waals surface area contributed by atoms with Gasteiger partial charge < -0.3 is 10.4 Å². The molecule has 12 heavy (non-hydrogen) atoms. The van der Waals surface area contributed by atoms with E-state index in [1.165, 1.54) is 12.0 Å². The zero-order valence-electron chi connectivity index (χ0n) is 6.96. The van der Waals surface area contributed by atoms with Crippen molar-refractivity contribution in [3.63, 3.8) is 0 Å². The summed E-state index contributed by atoms with van der Waals surface area (Å²) in [6.45, 7) is 2.19. The summed E-state index contributed by atoms with van der Waals surface area (Å²) in [5, 5.41) is 12.4. The van der Waals surface area contributed by atoms with Gasteiger partial charge in [-0.25, -0.2) is 0 Å². The summed E-state index contributed by atoms with van der Waals surface area (Å²) in [5.41, 5.74) is 1.33. The van der Waals surface area contributed by atoms with E-state index in [0.717, 1.165) is 13.1 Å². The lowest BCUT2D eigenvalue weighted by Crippen LogP contribution is -2.07. The van der Waals surface area contributed by atoms with Gasteiger partial charge in [-0.05, 0) is 36.6 Å². The number of hydrogen-bond acceptors (Lipinski definition) is 2. The first kappa shape index (κ1) is 7.62. The van der Waals surface area contributed by atoms with E-state index in [4.69, 9.17) is 5.11 Å². The zero-order chi connectivity index (χ0) is 8.39. The summed E-state index contributed by atoms with van der Waals surface area (Å²) in [5.74, 6) is 0.996. The number of hydrogen-bond donors (Lipinski definition) is 2. The fourth-order valence-corrected chi connectivity index (χ4v) is 1.69. The standard InChI is InChI=1S/C10H13NO/c12-10-3-1-8(2-4-10)9-5-6-11-7-9/h1-4,9,11-12H,5-7H2/t9-/m0/s1. The highest BCUT2D eigenvalue weighted by Crippen LogP contribution is 2.23. The third-order valence-electron chi connectivity index (χ3n) is 2.42. The number of aromatic hydroxyl groups is 1. The van der Waals surface area contributed by atoms with Crippen LogP contribution in [0.1, 0.15) is 17.9 Å². The largest absolute Gasteiger partial charge is 0.508 e. The Balaban J connectivity index is 2.17. The number of nitrogens with one attached hydrogen (secondary N) is 1. The molecule has 0 radical (unpaired) electrons. The third-order valence-corrected chi connectivity index (χ3v) is 2.42. The van der Waals surface area contributed by atoms with Gasteiger partial charge in [0.2, 0.25) is 0 Å². The molecule has 1 saturated heterocycles. The van der Waals surface area contributed by atoms with E-state index in [2.05, 4.69) is 5.32 Å². The Morgan fingerprint density at radius 1 is 1.25 bits per heavy atom. The van der Waals surface area contributed by atoms with Gasteiger partial charge in [-0.3, -0.25) is 0 Å². The molecule has 64 valence electrons. The van der Waals surface area contributed by atoms with Gasteiger partial charge >= 0.3 is 0 Å². The molecule has 1 aromatic carbocycles. The Kier molecular flexibility index (Phi) is 2.00. The van der Waals surface area contributed by atoms with Crippen LogP contribution in [-0.2, 0) is 0 Å². The van der Waals surface area contributed by atoms with E-state index >= 15 is 0 Å². The van der Waals surface area contributed by atoms with Crippen molar-refractivity contribution in [3.8, 4) is 5.75 Å². The molecule has 2 nitrogen and oxygen atoms in total. The van der Waals surface area contributed by atoms with Crippen molar-refractivity contribution >= 4 is 0 Å². The van der Waals surface area contributed by atoms with E-state index in [1.54, 1.807) is 12.1 Å². The maximum Gasteiger partial charge on any atom is 0.115 e. The van der Waals surface area contributed by atoms with Crippen molar-refractivity contribution in [3.05, 3.63) is 29.8 Å². The number of phenols is 1. The van der Waals surface area contributed by atoms with Crippen LogP contribution in [0.25, 0.3) is 0 Å². The Labute approximate surface area is 72.2 Å². The van der Waals surface area contributed by atoms with Crippen molar-refractivity contribution in [2.45, 2.75) is 12.3 Å². The average Bonchev–Trinajstić information content (AvgIpc) is 2.58. The van der Waals surface area contributed by atoms with Crippen LogP contribution in [0.4, 0.5) is 0 Å². The SMILES string of the molecule is Oc1ccc([C@H]2CCNC2)cc1. The Morgan fingerprint density at radius 3 is 2.58 bits per heavy atom. The van der Waals surface area contributed by atoms with Crippen LogP contribution in [-0.4, -0.2) is 18.2 Å². The number of benzene rings is 1. The van der Waals surface area contributed by atoms with Crippen molar-refractivity contribution in [1.29, 1.82) is 0 Å². The molecule has 1 fully saturated rings. The molecular weight excluding hydrogens is 150 g/mol. The minimum absolute atomic E-state index is 0.352. The summed E-state index contributed by atoms with van der Waals surface area (Å²) >= 11 is 0. The lowest BCUT2D eigenvalue weighted by atomic mass is 9.99. The average molecular weight is 163 g/mol. The first-order valence-electron chi connectivity index (χ1n) is 4.36. The highest BCUT2D eigenvalue weighted by atomic mass is 16.3. The predicted octanol–water partition coefficient (Wildman–Crippen LogP) is 1.47. The maximum atomic E-state index is 9.08. The van der Waals surface area contributed by atoms with E-state index in [9.17, 15) is 0 Å². The fraction of sp³-hybridized carbons (Fsp3) is 0.400. The monoisotopic (exact) mass is 163 g/mol. The first-order chi connectivity index (χ1) is 5.86. The minimum atomic E-state index is 0.352. The van der Waals surface area contributed by atoms with Gasteiger partial charge in [-0.1, -0.05) is 12.1 Å². The zero-order valence-corrected chi connectivity index (χ0v) is 6.96. The van der Waals surface area contributed by atoms with Crippen molar-refractivity contribution in [1.82, 2.24) is 5.32 Å². The highest BCUT2D eigenvalue weighted by Gasteiger charge is 2.15. The lowest BCUT2D eigenvalue weighted by Gasteiger charge is -2.07. The van der Waals surface area contributed by atoms with Crippen LogP contribution in [0.3, 0.4) is 0 Å². The second-order valence-electron chi connectivity index (χ2n) is 3.28. The van der Waals surface area contributed by atoms with Crippen molar-refractivity contribution < 1.29 is 5.11 Å². The normalized spacial score (nSPS) is 22.8. The van der Waals surface area contributed by atoms with Crippen LogP contribution < -0.4 is 5.32 Å². The molecule has 0 spiro atoms. The summed E-state index contributed by atoms with van der Waals surface area (Å²) in [7, 11) is 0. The van der Waals surface area contributed by atoms with E-state index in [0.29, 0.717) is 11.7 Å². The first-order valence-corrected chi connectivity index (χ1v) is 4.36. The third kappa shape index (κ3) is 1.43. The molecule has 0 aromatic heterocycles. The molecule has 0 unspecified atom stereocenters. The van der Waals surface area contributed by atoms with Crippen LogP contribution in [0, 0.1) is 0 Å². The van der Waals surface area contributed by atoms with E-state index in [-0.39, 0.29) is 0 Å². The van der Waals surface area contributed by atoms with Gasteiger partial charge in [0.05, 0.1) is 0 Å². The summed E-state index contributed by atoms with van der Waals surface area (Å²) in [6, 6.07) is 7.53. The molecule has 2 N–H and O–H groups in total. The van der Waals surface area contributed by atoms with Crippen molar-refractivity contribution in [2.24, 2.45) is 0 Å². The molecule has 2 heteroatoms. The molecule has 1 aromatic rings. The van der Waals surface area contributed by atoms with E-state index < -0.39 is 0 Å². The molecule has 1 aliphatic rings. The molecule has 0 aliphatic carbocycles. The van der Waals surface area contributed by atoms with Crippen LogP contribution in [0.5, 0.6) is 5.75 Å². The second kappa shape index (κ2) is 3.15. The summed E-state index contributed by atoms with van der Waals surface area (Å²) in [6.07, 6.45) is 1.21. The smallest absolute Gasteiger partial charge is 0.115 e. The molecule has 2 rings (SSSR count). The van der Waals surface area contributed by atoms with Crippen LogP contribution in [0.15, 0.2) is 24.3 Å². The minimum Gasteiger partial charge on any atom is -0.508 e. The molecule has 1 heterocycles. The predicted molar refractivity (Wildman–Crippen MR) is 48.3 cm³/mol.